The summed E-state index contributed by atoms with van der Waals surface area (Å²) in [7, 11) is 3.72. The largest absolute Gasteiger partial charge is 0.459 e. The fourth-order valence-corrected chi connectivity index (χ4v) is 1.66. The maximum Gasteiger partial charge on any atom is 0.340 e. The van der Waals surface area contributed by atoms with Crippen LogP contribution >= 0.6 is 8.03 Å². The Kier molecular flexibility index (Phi) is 6.65. The first-order chi connectivity index (χ1) is 9.41. The van der Waals surface area contributed by atoms with Gasteiger partial charge >= 0.3 is 11.9 Å². The summed E-state index contributed by atoms with van der Waals surface area (Å²) in [6, 6.07) is 8.77. The van der Waals surface area contributed by atoms with Crippen molar-refractivity contribution in [3.8, 4) is 0 Å². The van der Waals surface area contributed by atoms with Gasteiger partial charge in [-0.2, -0.15) is 0 Å². The lowest BCUT2D eigenvalue weighted by Crippen LogP contribution is -2.41. The maximum absolute atomic E-state index is 11.5. The van der Waals surface area contributed by atoms with E-state index in [9.17, 15) is 19.8 Å². The lowest BCUT2D eigenvalue weighted by molar-refractivity contribution is -0.169. The summed E-state index contributed by atoms with van der Waals surface area (Å²) >= 11 is 0. The number of aliphatic hydroxyl groups excluding tert-OH is 2. The lowest BCUT2D eigenvalue weighted by atomic mass is 10.2. The third-order valence-electron chi connectivity index (χ3n) is 2.24. The minimum absolute atomic E-state index is 0.0735. The average molecular weight is 296 g/mol. The molecule has 3 atom stereocenters. The monoisotopic (exact) mass is 296 g/mol. The molecule has 20 heavy (non-hydrogen) atoms. The normalized spacial score (nSPS) is 14.9. The molecule has 0 heterocycles. The van der Waals surface area contributed by atoms with Crippen molar-refractivity contribution in [3.63, 3.8) is 0 Å². The molecular weight excluding hydrogens is 282 g/mol. The van der Waals surface area contributed by atoms with Gasteiger partial charge in [0.05, 0.1) is 0 Å². The molecule has 0 aliphatic heterocycles. The lowest BCUT2D eigenvalue weighted by Gasteiger charge is -2.17. The first kappa shape index (κ1) is 16.6. The fourth-order valence-electron chi connectivity index (χ4n) is 1.27. The van der Waals surface area contributed by atoms with Crippen LogP contribution in [0.3, 0.4) is 0 Å². The number of hydrogen-bond acceptors (Lipinski definition) is 6. The van der Waals surface area contributed by atoms with Crippen LogP contribution in [0, 0.1) is 0 Å². The van der Waals surface area contributed by atoms with E-state index in [0.717, 1.165) is 0 Å². The molecule has 0 saturated heterocycles. The fraction of sp³-hybridized carbons (Fsp3) is 0.333. The van der Waals surface area contributed by atoms with Crippen molar-refractivity contribution in [1.82, 2.24) is 0 Å². The summed E-state index contributed by atoms with van der Waals surface area (Å²) in [4.78, 5) is 22.8. The number of benzene rings is 1. The molecule has 1 rings (SSSR count). The zero-order chi connectivity index (χ0) is 15.1. The van der Waals surface area contributed by atoms with Gasteiger partial charge < -0.3 is 19.5 Å². The van der Waals surface area contributed by atoms with Gasteiger partial charge in [-0.05, 0) is 12.2 Å². The van der Waals surface area contributed by atoms with Gasteiger partial charge in [-0.15, -0.1) is 0 Å². The molecule has 0 amide bonds. The van der Waals surface area contributed by atoms with E-state index in [2.05, 4.69) is 4.52 Å². The summed E-state index contributed by atoms with van der Waals surface area (Å²) < 4.78 is 9.32. The van der Waals surface area contributed by atoms with E-state index in [1.807, 2.05) is 0 Å². The minimum atomic E-state index is -2.02. The molecule has 8 heteroatoms. The number of ether oxygens (including phenoxy) is 1. The first-order valence-electron chi connectivity index (χ1n) is 5.68. The smallest absolute Gasteiger partial charge is 0.340 e. The molecular formula is C12H14BO6P. The molecule has 0 aromatic heterocycles. The van der Waals surface area contributed by atoms with Crippen LogP contribution in [0.25, 0.3) is 0 Å². The molecule has 2 N–H and O–H groups in total. The quantitative estimate of drug-likeness (QED) is 0.439. The van der Waals surface area contributed by atoms with Crippen LogP contribution in [0.1, 0.15) is 5.56 Å². The molecule has 2 radical (unpaired) electrons. The van der Waals surface area contributed by atoms with Crippen LogP contribution in [-0.2, 0) is 25.5 Å². The van der Waals surface area contributed by atoms with Gasteiger partial charge in [0.15, 0.2) is 19.8 Å². The topological polar surface area (TPSA) is 93.1 Å². The van der Waals surface area contributed by atoms with E-state index in [0.29, 0.717) is 5.56 Å². The number of aliphatic hydroxyl groups is 2. The number of carbonyl (C=O) groups excluding carboxylic acids is 2. The van der Waals surface area contributed by atoms with Gasteiger partial charge in [0.25, 0.3) is 0 Å². The molecule has 0 fully saturated rings. The van der Waals surface area contributed by atoms with Crippen molar-refractivity contribution in [2.75, 3.05) is 6.66 Å². The van der Waals surface area contributed by atoms with Crippen LogP contribution in [0.2, 0.25) is 0 Å². The highest BCUT2D eigenvalue weighted by atomic mass is 31.1. The Labute approximate surface area is 118 Å². The Morgan fingerprint density at radius 1 is 1.20 bits per heavy atom. The molecule has 3 unspecified atom stereocenters. The Hall–Kier alpha value is -1.43. The average Bonchev–Trinajstić information content (AvgIpc) is 2.43. The van der Waals surface area contributed by atoms with E-state index in [-0.39, 0.29) is 6.61 Å². The third kappa shape index (κ3) is 5.29. The Balaban J connectivity index is 2.48. The van der Waals surface area contributed by atoms with Gasteiger partial charge in [0, 0.05) is 8.03 Å². The van der Waals surface area contributed by atoms with Crippen molar-refractivity contribution in [3.05, 3.63) is 35.9 Å². The van der Waals surface area contributed by atoms with E-state index in [1.165, 1.54) is 6.66 Å². The first-order valence-corrected chi connectivity index (χ1v) is 7.46. The molecule has 0 bridgehead atoms. The summed E-state index contributed by atoms with van der Waals surface area (Å²) in [5.41, 5.74) is 0.712. The minimum Gasteiger partial charge on any atom is -0.459 e. The number of carbonyl (C=O) groups is 2. The van der Waals surface area contributed by atoms with Crippen LogP contribution < -0.4 is 0 Å². The van der Waals surface area contributed by atoms with Crippen molar-refractivity contribution in [2.45, 2.75) is 18.8 Å². The zero-order valence-electron chi connectivity index (χ0n) is 10.8. The summed E-state index contributed by atoms with van der Waals surface area (Å²) in [6.07, 6.45) is -4.03. The SMILES string of the molecule is [B]P(C)OC(=O)C(O)C(O)C(=O)OCc1ccccc1. The van der Waals surface area contributed by atoms with Crippen LogP contribution in [0.15, 0.2) is 30.3 Å². The second kappa shape index (κ2) is 7.99. The molecule has 0 saturated carbocycles. The van der Waals surface area contributed by atoms with Gasteiger partial charge in [-0.1, -0.05) is 30.3 Å². The van der Waals surface area contributed by atoms with E-state index >= 15 is 0 Å². The van der Waals surface area contributed by atoms with Crippen LogP contribution in [-0.4, -0.2) is 48.6 Å². The Bertz CT molecular complexity index is 453. The predicted octanol–water partition coefficient (Wildman–Crippen LogP) is 0.105. The number of hydrogen-bond donors (Lipinski definition) is 2. The molecule has 0 spiro atoms. The summed E-state index contributed by atoms with van der Waals surface area (Å²) in [6.45, 7) is 1.36. The third-order valence-corrected chi connectivity index (χ3v) is 2.71. The molecule has 1 aromatic carbocycles. The molecule has 6 nitrogen and oxygen atoms in total. The van der Waals surface area contributed by atoms with Gasteiger partial charge in [0.2, 0.25) is 0 Å². The van der Waals surface area contributed by atoms with Crippen LogP contribution in [0.4, 0.5) is 0 Å². The van der Waals surface area contributed by atoms with Gasteiger partial charge in [-0.25, -0.2) is 9.59 Å². The van der Waals surface area contributed by atoms with E-state index in [1.54, 1.807) is 30.3 Å². The van der Waals surface area contributed by atoms with E-state index in [4.69, 9.17) is 12.3 Å². The summed E-state index contributed by atoms with van der Waals surface area (Å²) in [5, 5.41) is 18.9. The standard InChI is InChI=1S/C12H14BO6P/c1-20(13)19-12(17)10(15)9(14)11(16)18-7-8-5-3-2-4-6-8/h2-6,9-10,14-15H,7H2,1H3. The second-order valence-electron chi connectivity index (χ2n) is 3.94. The molecule has 0 aliphatic carbocycles. The second-order valence-corrected chi connectivity index (χ2v) is 5.21. The maximum atomic E-state index is 11.5. The zero-order valence-corrected chi connectivity index (χ0v) is 11.7. The van der Waals surface area contributed by atoms with Gasteiger partial charge in [-0.3, -0.25) is 0 Å². The predicted molar refractivity (Wildman–Crippen MR) is 72.9 cm³/mol. The molecule has 1 aromatic rings. The van der Waals surface area contributed by atoms with Gasteiger partial charge in [0.1, 0.15) is 6.61 Å². The van der Waals surface area contributed by atoms with Crippen molar-refractivity contribution in [2.24, 2.45) is 0 Å². The Morgan fingerprint density at radius 2 is 1.75 bits per heavy atom. The highest BCUT2D eigenvalue weighted by Crippen LogP contribution is 2.25. The molecule has 0 aliphatic rings. The molecule has 106 valence electrons. The number of rotatable bonds is 6. The Morgan fingerprint density at radius 3 is 2.30 bits per heavy atom. The van der Waals surface area contributed by atoms with Crippen molar-refractivity contribution < 1.29 is 29.1 Å². The van der Waals surface area contributed by atoms with Crippen molar-refractivity contribution in [1.29, 1.82) is 0 Å². The highest BCUT2D eigenvalue weighted by Gasteiger charge is 2.33. The van der Waals surface area contributed by atoms with E-state index < -0.39 is 32.2 Å². The number of esters is 1. The summed E-state index contributed by atoms with van der Waals surface area (Å²) in [5.74, 6) is -2.28. The highest BCUT2D eigenvalue weighted by molar-refractivity contribution is 7.77. The van der Waals surface area contributed by atoms with Crippen molar-refractivity contribution >= 4 is 27.5 Å². The van der Waals surface area contributed by atoms with Crippen LogP contribution in [0.5, 0.6) is 0 Å².